The average Bonchev–Trinajstić information content (AvgIpc) is 2.52. The van der Waals surface area contributed by atoms with Crippen LogP contribution in [-0.2, 0) is 0 Å². The van der Waals surface area contributed by atoms with Crippen molar-refractivity contribution in [3.63, 3.8) is 0 Å². The molecule has 6 heteroatoms. The van der Waals surface area contributed by atoms with Gasteiger partial charge in [-0.25, -0.2) is 0 Å². The third kappa shape index (κ3) is 6.97. The van der Waals surface area contributed by atoms with Gasteiger partial charge in [0, 0.05) is 50.0 Å². The van der Waals surface area contributed by atoms with Gasteiger partial charge >= 0.3 is 0 Å². The van der Waals surface area contributed by atoms with Crippen molar-refractivity contribution in [1.82, 2.24) is 0 Å². The maximum Gasteiger partial charge on any atom is 0.175 e. The van der Waals surface area contributed by atoms with Crippen molar-refractivity contribution in [2.24, 2.45) is 0 Å². The Morgan fingerprint density at radius 1 is 0.783 bits per heavy atom. The van der Waals surface area contributed by atoms with Gasteiger partial charge in [-0.05, 0) is 74.6 Å². The summed E-state index contributed by atoms with van der Waals surface area (Å²) in [6, 6.07) is 15.3. The second-order valence-corrected chi connectivity index (χ2v) is 4.90. The van der Waals surface area contributed by atoms with E-state index in [1.165, 1.54) is 0 Å². The molecule has 0 saturated heterocycles. The molecule has 1 radical (unpaired) electrons. The molecule has 0 fully saturated rings. The van der Waals surface area contributed by atoms with Crippen molar-refractivity contribution < 1.29 is 48.1 Å². The van der Waals surface area contributed by atoms with Crippen LogP contribution in [0.2, 0.25) is 0 Å². The molecule has 0 aromatic heterocycles. The summed E-state index contributed by atoms with van der Waals surface area (Å²) in [6.07, 6.45) is 0. The van der Waals surface area contributed by atoms with Gasteiger partial charge in [-0.15, -0.1) is 0 Å². The van der Waals surface area contributed by atoms with Crippen LogP contribution in [0, 0.1) is 38.6 Å². The molecule has 0 aliphatic heterocycles. The number of rotatable bonds is 6. The van der Waals surface area contributed by atoms with Crippen molar-refractivity contribution >= 4 is 28.7 Å². The molecular weight excluding hydrogens is 455 g/mol. The topological polar surface area (TPSA) is 42.5 Å². The molecule has 4 nitrogen and oxygen atoms in total. The van der Waals surface area contributed by atoms with E-state index >= 15 is 0 Å². The van der Waals surface area contributed by atoms with Crippen molar-refractivity contribution in [1.29, 1.82) is 0 Å². The Kier molecular flexibility index (Phi) is 9.36. The van der Waals surface area contributed by atoms with Gasteiger partial charge in [-0.3, -0.25) is 0 Å². The first kappa shape index (κ1) is 20.1. The smallest absolute Gasteiger partial charge is 0.175 e. The maximum absolute atomic E-state index is 5.40. The fourth-order valence-electron chi connectivity index (χ4n) is 1.90. The summed E-state index contributed by atoms with van der Waals surface area (Å²) in [6.45, 7) is 5.24. The standard InChI is InChI=1S/C17H20N2O2S.Tb/c1-3-20-15-9-5-13(6-10-15)18-17(22)19-14-7-11-16(12-8-14)21-4-2;/h5-12H,3-4H2,1-2H3,(H2,18,19,22);. The van der Waals surface area contributed by atoms with Crippen molar-refractivity contribution in [3.05, 3.63) is 48.5 Å². The van der Waals surface area contributed by atoms with E-state index in [0.717, 1.165) is 22.9 Å². The molecule has 0 aliphatic rings. The summed E-state index contributed by atoms with van der Waals surface area (Å²) < 4.78 is 10.8. The number of benzene rings is 2. The number of nitrogens with one attached hydrogen (secondary N) is 2. The molecule has 0 atom stereocenters. The summed E-state index contributed by atoms with van der Waals surface area (Å²) >= 11 is 5.30. The summed E-state index contributed by atoms with van der Waals surface area (Å²) in [7, 11) is 0. The molecule has 0 spiro atoms. The van der Waals surface area contributed by atoms with Gasteiger partial charge in [-0.1, -0.05) is 0 Å². The van der Waals surface area contributed by atoms with Gasteiger partial charge in [0.25, 0.3) is 0 Å². The Morgan fingerprint density at radius 2 is 1.13 bits per heavy atom. The molecule has 23 heavy (non-hydrogen) atoms. The van der Waals surface area contributed by atoms with E-state index in [4.69, 9.17) is 21.7 Å². The van der Waals surface area contributed by atoms with Gasteiger partial charge in [0.05, 0.1) is 13.2 Å². The van der Waals surface area contributed by atoms with Gasteiger partial charge in [0.1, 0.15) is 11.5 Å². The van der Waals surface area contributed by atoms with Gasteiger partial charge in [0.2, 0.25) is 0 Å². The van der Waals surface area contributed by atoms with E-state index in [9.17, 15) is 0 Å². The van der Waals surface area contributed by atoms with Crippen molar-refractivity contribution in [2.45, 2.75) is 13.8 Å². The number of thiocarbonyl (C=S) groups is 1. The van der Waals surface area contributed by atoms with Crippen LogP contribution < -0.4 is 20.1 Å². The maximum atomic E-state index is 5.40. The molecule has 0 unspecified atom stereocenters. The Hall–Kier alpha value is -0.984. The van der Waals surface area contributed by atoms with Crippen molar-refractivity contribution in [2.75, 3.05) is 23.8 Å². The predicted molar refractivity (Wildman–Crippen MR) is 95.1 cm³/mol. The molecule has 0 saturated carbocycles. The van der Waals surface area contributed by atoms with E-state index in [2.05, 4.69) is 10.6 Å². The predicted octanol–water partition coefficient (Wildman–Crippen LogP) is 4.29. The Morgan fingerprint density at radius 3 is 1.43 bits per heavy atom. The minimum absolute atomic E-state index is 0. The Bertz CT molecular complexity index is 549. The number of anilines is 2. The third-order valence-electron chi connectivity index (χ3n) is 2.85. The first-order valence-electron chi connectivity index (χ1n) is 7.25. The zero-order chi connectivity index (χ0) is 15.8. The van der Waals surface area contributed by atoms with Crippen LogP contribution in [0.1, 0.15) is 13.8 Å². The molecule has 2 aromatic rings. The number of ether oxygens (including phenoxy) is 2. The second-order valence-electron chi connectivity index (χ2n) is 4.49. The molecule has 0 bridgehead atoms. The van der Waals surface area contributed by atoms with E-state index in [0.29, 0.717) is 18.3 Å². The quantitative estimate of drug-likeness (QED) is 0.611. The SMILES string of the molecule is CCOc1ccc(NC(=S)Nc2ccc(OCC)cc2)cc1.[Tb]. The molecule has 125 valence electrons. The summed E-state index contributed by atoms with van der Waals surface area (Å²) in [4.78, 5) is 0. The Balaban J connectivity index is 0.00000264. The number of hydrogen-bond donors (Lipinski definition) is 2. The molecule has 0 amide bonds. The minimum atomic E-state index is 0. The molecule has 0 aliphatic carbocycles. The monoisotopic (exact) mass is 475 g/mol. The minimum Gasteiger partial charge on any atom is -0.494 e. The van der Waals surface area contributed by atoms with Crippen LogP contribution in [0.15, 0.2) is 48.5 Å². The molecule has 2 rings (SSSR count). The fourth-order valence-corrected chi connectivity index (χ4v) is 2.13. The first-order valence-corrected chi connectivity index (χ1v) is 7.65. The van der Waals surface area contributed by atoms with Crippen LogP contribution >= 0.6 is 12.2 Å². The Labute approximate surface area is 173 Å². The summed E-state index contributed by atoms with van der Waals surface area (Å²) in [5, 5.41) is 6.80. The molecule has 0 heterocycles. The van der Waals surface area contributed by atoms with Gasteiger partial charge in [0.15, 0.2) is 5.11 Å². The van der Waals surface area contributed by atoms with Crippen molar-refractivity contribution in [3.8, 4) is 11.5 Å². The van der Waals surface area contributed by atoms with Gasteiger partial charge < -0.3 is 20.1 Å². The van der Waals surface area contributed by atoms with Crippen LogP contribution in [0.4, 0.5) is 11.4 Å². The molecular formula is C17H20N2O2STb. The van der Waals surface area contributed by atoms with Gasteiger partial charge in [-0.2, -0.15) is 0 Å². The fraction of sp³-hybridized carbons (Fsp3) is 0.235. The summed E-state index contributed by atoms with van der Waals surface area (Å²) in [5.74, 6) is 1.69. The summed E-state index contributed by atoms with van der Waals surface area (Å²) in [5.41, 5.74) is 1.82. The molecule has 2 N–H and O–H groups in total. The van der Waals surface area contributed by atoms with Crippen LogP contribution in [0.3, 0.4) is 0 Å². The molecule has 2 aromatic carbocycles. The van der Waals surface area contributed by atoms with E-state index in [-0.39, 0.29) is 38.6 Å². The normalized spacial score (nSPS) is 9.48. The zero-order valence-corrected chi connectivity index (χ0v) is 16.0. The van der Waals surface area contributed by atoms with E-state index in [1.807, 2.05) is 62.4 Å². The van der Waals surface area contributed by atoms with E-state index < -0.39 is 0 Å². The van der Waals surface area contributed by atoms with Crippen LogP contribution in [0.5, 0.6) is 11.5 Å². The third-order valence-corrected chi connectivity index (χ3v) is 3.05. The van der Waals surface area contributed by atoms with Crippen LogP contribution in [0.25, 0.3) is 0 Å². The first-order chi connectivity index (χ1) is 10.7. The van der Waals surface area contributed by atoms with E-state index in [1.54, 1.807) is 0 Å². The van der Waals surface area contributed by atoms with Crippen LogP contribution in [-0.4, -0.2) is 18.3 Å². The zero-order valence-electron chi connectivity index (χ0n) is 13.1. The average molecular weight is 475 g/mol. The second kappa shape index (κ2) is 10.7. The largest absolute Gasteiger partial charge is 0.494 e. The number of hydrogen-bond acceptors (Lipinski definition) is 3.